The molecule has 2 aromatic rings. The van der Waals surface area contributed by atoms with E-state index in [1.54, 1.807) is 14.2 Å². The second kappa shape index (κ2) is 9.54. The molecule has 1 heterocycles. The van der Waals surface area contributed by atoms with Crippen LogP contribution in [-0.4, -0.2) is 44.3 Å². The Labute approximate surface area is 173 Å². The highest BCUT2D eigenvalue weighted by molar-refractivity contribution is 5.75. The molecule has 156 valence electrons. The molecule has 3 rings (SSSR count). The Morgan fingerprint density at radius 1 is 1.10 bits per heavy atom. The van der Waals surface area contributed by atoms with Gasteiger partial charge in [0.15, 0.2) is 0 Å². The summed E-state index contributed by atoms with van der Waals surface area (Å²) in [7, 11) is 3.25. The van der Waals surface area contributed by atoms with Gasteiger partial charge < -0.3 is 25.0 Å². The molecule has 1 fully saturated rings. The lowest BCUT2D eigenvalue weighted by Crippen LogP contribution is -2.47. The lowest BCUT2D eigenvalue weighted by molar-refractivity contribution is 0.180. The number of para-hydroxylation sites is 1. The Morgan fingerprint density at radius 2 is 1.83 bits per heavy atom. The quantitative estimate of drug-likeness (QED) is 0.760. The van der Waals surface area contributed by atoms with Gasteiger partial charge in [-0.1, -0.05) is 18.2 Å². The number of anilines is 1. The molecule has 2 N–H and O–H groups in total. The standard InChI is InChI=1S/C23H31N3O3/c1-16-7-5-6-8-21(16)25-18-11-13-26(14-12-18)23(27)24-17(2)20-10-9-19(28-3)15-22(20)29-4/h5-10,15,17-18,25H,11-14H2,1-4H3,(H,24,27)/t17-/m0/s1. The zero-order valence-corrected chi connectivity index (χ0v) is 17.7. The van der Waals surface area contributed by atoms with Gasteiger partial charge in [0.1, 0.15) is 11.5 Å². The van der Waals surface area contributed by atoms with Crippen LogP contribution in [0.2, 0.25) is 0 Å². The average Bonchev–Trinajstić information content (AvgIpc) is 2.75. The number of carbonyl (C=O) groups is 1. The number of hydrogen-bond donors (Lipinski definition) is 2. The van der Waals surface area contributed by atoms with E-state index in [2.05, 4.69) is 29.7 Å². The summed E-state index contributed by atoms with van der Waals surface area (Å²) in [6.07, 6.45) is 1.87. The first-order valence-electron chi connectivity index (χ1n) is 10.1. The number of nitrogens with one attached hydrogen (secondary N) is 2. The predicted octanol–water partition coefficient (Wildman–Crippen LogP) is 4.36. The molecule has 0 aromatic heterocycles. The molecule has 2 amide bonds. The third-order valence-corrected chi connectivity index (χ3v) is 5.53. The van der Waals surface area contributed by atoms with Crippen molar-refractivity contribution in [3.8, 4) is 11.5 Å². The summed E-state index contributed by atoms with van der Waals surface area (Å²) in [6.45, 7) is 5.55. The van der Waals surface area contributed by atoms with Crippen molar-refractivity contribution in [2.24, 2.45) is 0 Å². The molecule has 6 heteroatoms. The minimum atomic E-state index is -0.161. The van der Waals surface area contributed by atoms with Gasteiger partial charge in [0.05, 0.1) is 20.3 Å². The Hall–Kier alpha value is -2.89. The number of benzene rings is 2. The summed E-state index contributed by atoms with van der Waals surface area (Å²) < 4.78 is 10.7. The summed E-state index contributed by atoms with van der Waals surface area (Å²) in [5.41, 5.74) is 3.35. The predicted molar refractivity (Wildman–Crippen MR) is 116 cm³/mol. The molecule has 0 saturated carbocycles. The van der Waals surface area contributed by atoms with E-state index in [0.29, 0.717) is 11.8 Å². The van der Waals surface area contributed by atoms with Crippen LogP contribution in [0.4, 0.5) is 10.5 Å². The van der Waals surface area contributed by atoms with E-state index in [-0.39, 0.29) is 12.1 Å². The second-order valence-electron chi connectivity index (χ2n) is 7.50. The minimum absolute atomic E-state index is 0.0373. The van der Waals surface area contributed by atoms with E-state index in [0.717, 1.165) is 37.2 Å². The van der Waals surface area contributed by atoms with Crippen molar-refractivity contribution >= 4 is 11.7 Å². The van der Waals surface area contributed by atoms with Crippen molar-refractivity contribution in [1.29, 1.82) is 0 Å². The summed E-state index contributed by atoms with van der Waals surface area (Å²) in [6, 6.07) is 14.2. The van der Waals surface area contributed by atoms with Gasteiger partial charge in [0.2, 0.25) is 0 Å². The molecule has 1 aliphatic rings. The number of piperidine rings is 1. The van der Waals surface area contributed by atoms with Crippen LogP contribution in [-0.2, 0) is 0 Å². The van der Waals surface area contributed by atoms with E-state index >= 15 is 0 Å². The van der Waals surface area contributed by atoms with E-state index in [1.165, 1.54) is 11.3 Å². The topological polar surface area (TPSA) is 62.8 Å². The van der Waals surface area contributed by atoms with Crippen LogP contribution in [0.3, 0.4) is 0 Å². The van der Waals surface area contributed by atoms with Gasteiger partial charge in [-0.25, -0.2) is 4.79 Å². The van der Waals surface area contributed by atoms with Crippen molar-refractivity contribution < 1.29 is 14.3 Å². The Bertz CT molecular complexity index is 832. The molecule has 1 atom stereocenters. The number of urea groups is 1. The summed E-state index contributed by atoms with van der Waals surface area (Å²) in [5.74, 6) is 1.44. The number of nitrogens with zero attached hydrogens (tertiary/aromatic N) is 1. The molecule has 6 nitrogen and oxygen atoms in total. The van der Waals surface area contributed by atoms with Crippen molar-refractivity contribution in [1.82, 2.24) is 10.2 Å². The first-order valence-corrected chi connectivity index (χ1v) is 10.1. The highest BCUT2D eigenvalue weighted by Crippen LogP contribution is 2.29. The fourth-order valence-electron chi connectivity index (χ4n) is 3.71. The lowest BCUT2D eigenvalue weighted by Gasteiger charge is -2.34. The largest absolute Gasteiger partial charge is 0.497 e. The van der Waals surface area contributed by atoms with Crippen LogP contribution in [0.5, 0.6) is 11.5 Å². The summed E-state index contributed by atoms with van der Waals surface area (Å²) in [5, 5.41) is 6.71. The van der Waals surface area contributed by atoms with Crippen molar-refractivity contribution in [2.45, 2.75) is 38.8 Å². The van der Waals surface area contributed by atoms with E-state index < -0.39 is 0 Å². The van der Waals surface area contributed by atoms with Gasteiger partial charge in [-0.3, -0.25) is 0 Å². The summed E-state index contributed by atoms with van der Waals surface area (Å²) >= 11 is 0. The first kappa shape index (κ1) is 20.8. The van der Waals surface area contributed by atoms with Gasteiger partial charge in [-0.05, 0) is 50.5 Å². The summed E-state index contributed by atoms with van der Waals surface area (Å²) in [4.78, 5) is 14.6. The molecule has 0 bridgehead atoms. The maximum atomic E-state index is 12.8. The number of methoxy groups -OCH3 is 2. The normalized spacial score (nSPS) is 15.5. The molecule has 0 spiro atoms. The van der Waals surface area contributed by atoms with Crippen LogP contribution in [0.15, 0.2) is 42.5 Å². The maximum absolute atomic E-state index is 12.8. The SMILES string of the molecule is COc1ccc([C@H](C)NC(=O)N2CCC(Nc3ccccc3C)CC2)c(OC)c1. The van der Waals surface area contributed by atoms with Gasteiger partial charge in [0.25, 0.3) is 0 Å². The van der Waals surface area contributed by atoms with Crippen LogP contribution < -0.4 is 20.1 Å². The first-order chi connectivity index (χ1) is 14.0. The number of likely N-dealkylation sites (tertiary alicyclic amines) is 1. The Balaban J connectivity index is 1.54. The number of hydrogen-bond acceptors (Lipinski definition) is 4. The van der Waals surface area contributed by atoms with Gasteiger partial charge in [0, 0.05) is 36.4 Å². The number of amides is 2. The maximum Gasteiger partial charge on any atom is 0.317 e. The molecule has 1 saturated heterocycles. The number of rotatable bonds is 6. The number of carbonyl (C=O) groups excluding carboxylic acids is 1. The van der Waals surface area contributed by atoms with Crippen molar-refractivity contribution in [3.63, 3.8) is 0 Å². The Kier molecular flexibility index (Phi) is 6.86. The van der Waals surface area contributed by atoms with Crippen LogP contribution in [0.25, 0.3) is 0 Å². The molecule has 2 aromatic carbocycles. The number of ether oxygens (including phenoxy) is 2. The van der Waals surface area contributed by atoms with E-state index in [9.17, 15) is 4.79 Å². The smallest absolute Gasteiger partial charge is 0.317 e. The molecule has 0 radical (unpaired) electrons. The van der Waals surface area contributed by atoms with E-state index in [1.807, 2.05) is 42.2 Å². The third kappa shape index (κ3) is 5.13. The molecule has 1 aliphatic heterocycles. The third-order valence-electron chi connectivity index (χ3n) is 5.53. The number of aryl methyl sites for hydroxylation is 1. The van der Waals surface area contributed by atoms with Crippen LogP contribution in [0, 0.1) is 6.92 Å². The zero-order chi connectivity index (χ0) is 20.8. The van der Waals surface area contributed by atoms with Gasteiger partial charge in [-0.15, -0.1) is 0 Å². The fraction of sp³-hybridized carbons (Fsp3) is 0.435. The van der Waals surface area contributed by atoms with Gasteiger partial charge in [-0.2, -0.15) is 0 Å². The highest BCUT2D eigenvalue weighted by atomic mass is 16.5. The lowest BCUT2D eigenvalue weighted by atomic mass is 10.0. The van der Waals surface area contributed by atoms with Crippen molar-refractivity contribution in [2.75, 3.05) is 32.6 Å². The van der Waals surface area contributed by atoms with Gasteiger partial charge >= 0.3 is 6.03 Å². The molecule has 0 unspecified atom stereocenters. The molecule has 0 aliphatic carbocycles. The average molecular weight is 398 g/mol. The minimum Gasteiger partial charge on any atom is -0.497 e. The second-order valence-corrected chi connectivity index (χ2v) is 7.50. The molecule has 29 heavy (non-hydrogen) atoms. The van der Waals surface area contributed by atoms with Crippen LogP contribution in [0.1, 0.15) is 36.9 Å². The monoisotopic (exact) mass is 397 g/mol. The molecular formula is C23H31N3O3. The van der Waals surface area contributed by atoms with Crippen LogP contribution >= 0.6 is 0 Å². The zero-order valence-electron chi connectivity index (χ0n) is 17.7. The molecular weight excluding hydrogens is 366 g/mol. The fourth-order valence-corrected chi connectivity index (χ4v) is 3.71. The highest BCUT2D eigenvalue weighted by Gasteiger charge is 2.24. The van der Waals surface area contributed by atoms with Crippen molar-refractivity contribution in [3.05, 3.63) is 53.6 Å². The Morgan fingerprint density at radius 3 is 2.48 bits per heavy atom. The van der Waals surface area contributed by atoms with E-state index in [4.69, 9.17) is 9.47 Å².